The Morgan fingerprint density at radius 1 is 1.24 bits per heavy atom. The molecule has 2 N–H and O–H groups in total. The summed E-state index contributed by atoms with van der Waals surface area (Å²) in [6, 6.07) is 9.83. The molecule has 2 unspecified atom stereocenters. The first-order chi connectivity index (χ1) is 13.9. The lowest BCUT2D eigenvalue weighted by Gasteiger charge is -2.36. The third-order valence-corrected chi connectivity index (χ3v) is 5.15. The van der Waals surface area contributed by atoms with Gasteiger partial charge in [0, 0.05) is 30.7 Å². The minimum Gasteiger partial charge on any atom is -0.372 e. The van der Waals surface area contributed by atoms with Crippen LogP contribution in [-0.2, 0) is 11.3 Å². The maximum Gasteiger partial charge on any atom is 0.319 e. The number of halogens is 2. The second-order valence-electron chi connectivity index (χ2n) is 6.87. The van der Waals surface area contributed by atoms with E-state index in [4.69, 9.17) is 4.74 Å². The van der Waals surface area contributed by atoms with Gasteiger partial charge >= 0.3 is 6.03 Å². The summed E-state index contributed by atoms with van der Waals surface area (Å²) in [6.45, 7) is 5.93. The van der Waals surface area contributed by atoms with Gasteiger partial charge in [0.15, 0.2) is 0 Å². The Balaban J connectivity index is 1.53. The van der Waals surface area contributed by atoms with E-state index in [1.807, 2.05) is 26.0 Å². The minimum atomic E-state index is -2.55. The predicted molar refractivity (Wildman–Crippen MR) is 111 cm³/mol. The molecule has 1 aliphatic rings. The number of pyridine rings is 1. The Hall–Kier alpha value is -2.39. The average Bonchev–Trinajstić information content (AvgIpc) is 2.67. The first-order valence-corrected chi connectivity index (χ1v) is 10.2. The van der Waals surface area contributed by atoms with Gasteiger partial charge in [-0.15, -0.1) is 0 Å². The molecule has 0 aliphatic carbocycles. The second kappa shape index (κ2) is 9.89. The van der Waals surface area contributed by atoms with Gasteiger partial charge in [0.2, 0.25) is 0 Å². The summed E-state index contributed by atoms with van der Waals surface area (Å²) in [5, 5.41) is 5.33. The number of rotatable bonds is 6. The van der Waals surface area contributed by atoms with Crippen LogP contribution >= 0.6 is 11.8 Å². The van der Waals surface area contributed by atoms with Crippen molar-refractivity contribution in [3.8, 4) is 0 Å². The van der Waals surface area contributed by atoms with Crippen LogP contribution in [0.15, 0.2) is 47.5 Å². The summed E-state index contributed by atoms with van der Waals surface area (Å²) >= 11 is 0.397. The van der Waals surface area contributed by atoms with E-state index in [1.54, 1.807) is 30.5 Å². The largest absolute Gasteiger partial charge is 0.372 e. The fourth-order valence-corrected chi connectivity index (χ4v) is 3.79. The molecule has 1 saturated heterocycles. The zero-order valence-electron chi connectivity index (χ0n) is 16.3. The molecule has 1 aliphatic heterocycles. The number of amides is 2. The zero-order chi connectivity index (χ0) is 20.8. The van der Waals surface area contributed by atoms with Gasteiger partial charge in [0.05, 0.1) is 17.9 Å². The molecule has 0 saturated carbocycles. The Morgan fingerprint density at radius 3 is 2.62 bits per heavy atom. The fourth-order valence-electron chi connectivity index (χ4n) is 3.19. The molecule has 0 radical (unpaired) electrons. The molecule has 9 heteroatoms. The molecule has 6 nitrogen and oxygen atoms in total. The number of para-hydroxylation sites is 1. The van der Waals surface area contributed by atoms with Crippen molar-refractivity contribution in [2.75, 3.05) is 23.3 Å². The average molecular weight is 423 g/mol. The lowest BCUT2D eigenvalue weighted by Crippen LogP contribution is -2.45. The highest BCUT2D eigenvalue weighted by Crippen LogP contribution is 2.31. The minimum absolute atomic E-state index is 0.150. The summed E-state index contributed by atoms with van der Waals surface area (Å²) in [7, 11) is 0. The van der Waals surface area contributed by atoms with Crippen LogP contribution in [0, 0.1) is 0 Å². The van der Waals surface area contributed by atoms with Crippen molar-refractivity contribution in [3.05, 3.63) is 48.2 Å². The number of alkyl halides is 2. The van der Waals surface area contributed by atoms with E-state index in [-0.39, 0.29) is 18.8 Å². The van der Waals surface area contributed by atoms with Gasteiger partial charge in [0.1, 0.15) is 5.82 Å². The molecule has 156 valence electrons. The van der Waals surface area contributed by atoms with Crippen LogP contribution in [0.1, 0.15) is 19.4 Å². The standard InChI is InChI=1S/C20H24F2N4O2S/c1-13-11-26(12-14(2)28-13)18-8-7-15(9-23-18)10-24-20(27)25-16-5-3-4-6-17(16)29-19(21)22/h3-9,13-14,19H,10-12H2,1-2H3,(H2,24,25,27). The van der Waals surface area contributed by atoms with E-state index in [9.17, 15) is 13.6 Å². The number of hydrogen-bond donors (Lipinski definition) is 2. The number of aromatic nitrogens is 1. The molecule has 1 fully saturated rings. The van der Waals surface area contributed by atoms with Crippen molar-refractivity contribution in [1.29, 1.82) is 0 Å². The summed E-state index contributed by atoms with van der Waals surface area (Å²) < 4.78 is 31.0. The van der Waals surface area contributed by atoms with Crippen LogP contribution in [0.4, 0.5) is 25.1 Å². The summed E-state index contributed by atoms with van der Waals surface area (Å²) in [4.78, 5) is 19.1. The van der Waals surface area contributed by atoms with Gasteiger partial charge in [-0.1, -0.05) is 30.0 Å². The number of carbonyl (C=O) groups excluding carboxylic acids is 1. The zero-order valence-corrected chi connectivity index (χ0v) is 17.1. The van der Waals surface area contributed by atoms with Crippen molar-refractivity contribution >= 4 is 29.3 Å². The molecule has 2 amide bonds. The molecule has 0 bridgehead atoms. The maximum absolute atomic E-state index is 12.6. The molecule has 29 heavy (non-hydrogen) atoms. The Morgan fingerprint density at radius 2 is 1.97 bits per heavy atom. The number of ether oxygens (including phenoxy) is 1. The third kappa shape index (κ3) is 6.30. The molecular weight excluding hydrogens is 398 g/mol. The Kier molecular flexibility index (Phi) is 7.27. The molecule has 0 spiro atoms. The summed E-state index contributed by atoms with van der Waals surface area (Å²) in [6.07, 6.45) is 2.02. The number of anilines is 2. The highest BCUT2D eigenvalue weighted by atomic mass is 32.2. The van der Waals surface area contributed by atoms with Crippen LogP contribution < -0.4 is 15.5 Å². The normalized spacial score (nSPS) is 19.3. The van der Waals surface area contributed by atoms with Gasteiger partial charge in [-0.3, -0.25) is 0 Å². The highest BCUT2D eigenvalue weighted by molar-refractivity contribution is 7.99. The number of urea groups is 1. The lowest BCUT2D eigenvalue weighted by molar-refractivity contribution is -0.00546. The van der Waals surface area contributed by atoms with E-state index < -0.39 is 11.8 Å². The predicted octanol–water partition coefficient (Wildman–Crippen LogP) is 4.33. The second-order valence-corrected chi connectivity index (χ2v) is 7.90. The van der Waals surface area contributed by atoms with Crippen LogP contribution in [-0.4, -0.2) is 42.1 Å². The number of benzene rings is 1. The van der Waals surface area contributed by atoms with E-state index in [0.717, 1.165) is 24.5 Å². The molecule has 1 aromatic heterocycles. The van der Waals surface area contributed by atoms with E-state index in [2.05, 4.69) is 20.5 Å². The van der Waals surface area contributed by atoms with Crippen molar-refractivity contribution in [2.45, 2.75) is 43.3 Å². The molecule has 2 aromatic rings. The Labute approximate surface area is 173 Å². The number of carbonyl (C=O) groups is 1. The highest BCUT2D eigenvalue weighted by Gasteiger charge is 2.23. The summed E-state index contributed by atoms with van der Waals surface area (Å²) in [5.74, 6) is -1.68. The van der Waals surface area contributed by atoms with Crippen molar-refractivity contribution < 1.29 is 18.3 Å². The SMILES string of the molecule is CC1CN(c2ccc(CNC(=O)Nc3ccccc3SC(F)F)cn2)CC(C)O1. The molecule has 1 aromatic carbocycles. The van der Waals surface area contributed by atoms with Gasteiger partial charge < -0.3 is 20.3 Å². The van der Waals surface area contributed by atoms with Crippen LogP contribution in [0.25, 0.3) is 0 Å². The van der Waals surface area contributed by atoms with Crippen LogP contribution in [0.5, 0.6) is 0 Å². The first-order valence-electron chi connectivity index (χ1n) is 9.34. The molecule has 2 atom stereocenters. The van der Waals surface area contributed by atoms with Gasteiger partial charge in [0.25, 0.3) is 5.76 Å². The summed E-state index contributed by atoms with van der Waals surface area (Å²) in [5.41, 5.74) is 1.19. The van der Waals surface area contributed by atoms with E-state index in [0.29, 0.717) is 22.3 Å². The van der Waals surface area contributed by atoms with Gasteiger partial charge in [-0.05, 0) is 37.6 Å². The van der Waals surface area contributed by atoms with Crippen molar-refractivity contribution in [1.82, 2.24) is 10.3 Å². The van der Waals surface area contributed by atoms with Crippen LogP contribution in [0.2, 0.25) is 0 Å². The quantitative estimate of drug-likeness (QED) is 0.679. The third-order valence-electron chi connectivity index (χ3n) is 4.36. The number of hydrogen-bond acceptors (Lipinski definition) is 5. The molecule has 3 rings (SSSR count). The van der Waals surface area contributed by atoms with E-state index in [1.165, 1.54) is 0 Å². The maximum atomic E-state index is 12.6. The first kappa shape index (κ1) is 21.3. The number of thioether (sulfide) groups is 1. The smallest absolute Gasteiger partial charge is 0.319 e. The number of morpholine rings is 1. The topological polar surface area (TPSA) is 66.5 Å². The van der Waals surface area contributed by atoms with E-state index >= 15 is 0 Å². The van der Waals surface area contributed by atoms with Gasteiger partial charge in [-0.2, -0.15) is 8.78 Å². The number of nitrogens with zero attached hydrogens (tertiary/aromatic N) is 2. The number of nitrogens with one attached hydrogen (secondary N) is 2. The molecular formula is C20H24F2N4O2S. The van der Waals surface area contributed by atoms with Crippen molar-refractivity contribution in [2.24, 2.45) is 0 Å². The lowest BCUT2D eigenvalue weighted by atomic mass is 10.2. The van der Waals surface area contributed by atoms with Gasteiger partial charge in [-0.25, -0.2) is 9.78 Å². The van der Waals surface area contributed by atoms with Crippen LogP contribution in [0.3, 0.4) is 0 Å². The fraction of sp³-hybridized carbons (Fsp3) is 0.400. The van der Waals surface area contributed by atoms with Crippen molar-refractivity contribution in [3.63, 3.8) is 0 Å². The Bertz CT molecular complexity index is 812. The monoisotopic (exact) mass is 422 g/mol. The molecule has 2 heterocycles.